The summed E-state index contributed by atoms with van der Waals surface area (Å²) in [6, 6.07) is 9.63. The second-order valence-corrected chi connectivity index (χ2v) is 6.66. The molecule has 3 rings (SSSR count). The predicted octanol–water partition coefficient (Wildman–Crippen LogP) is 1.10. The number of piperidine rings is 1. The Labute approximate surface area is 151 Å². The Balaban J connectivity index is 1.44. The first-order chi connectivity index (χ1) is 12.5. The van der Waals surface area contributed by atoms with E-state index in [1.807, 2.05) is 30.3 Å². The minimum atomic E-state index is -1.07. The largest absolute Gasteiger partial charge is 0.480 e. The summed E-state index contributed by atoms with van der Waals surface area (Å²) in [7, 11) is 0. The minimum absolute atomic E-state index is 0.00677. The van der Waals surface area contributed by atoms with Crippen molar-refractivity contribution in [1.29, 1.82) is 0 Å². The fraction of sp³-hybridized carbons (Fsp3) is 0.500. The summed E-state index contributed by atoms with van der Waals surface area (Å²) >= 11 is 0. The third-order valence-electron chi connectivity index (χ3n) is 4.73. The second kappa shape index (κ2) is 7.74. The Bertz CT molecular complexity index is 670. The van der Waals surface area contributed by atoms with Gasteiger partial charge in [-0.2, -0.15) is 0 Å². The average molecular weight is 362 g/mol. The number of carbonyl (C=O) groups excluding carboxylic acids is 2. The highest BCUT2D eigenvalue weighted by Gasteiger charge is 2.47. The van der Waals surface area contributed by atoms with E-state index in [2.05, 4.69) is 0 Å². The lowest BCUT2D eigenvalue weighted by Gasteiger charge is -2.37. The van der Waals surface area contributed by atoms with Crippen LogP contribution < -0.4 is 0 Å². The molecule has 26 heavy (non-hydrogen) atoms. The summed E-state index contributed by atoms with van der Waals surface area (Å²) in [4.78, 5) is 37.8. The molecule has 0 aliphatic carbocycles. The van der Waals surface area contributed by atoms with Gasteiger partial charge in [0.1, 0.15) is 18.8 Å². The molecule has 0 saturated carbocycles. The first kappa shape index (κ1) is 18.2. The minimum Gasteiger partial charge on any atom is -0.480 e. The van der Waals surface area contributed by atoms with E-state index >= 15 is 0 Å². The van der Waals surface area contributed by atoms with E-state index in [9.17, 15) is 14.4 Å². The van der Waals surface area contributed by atoms with Crippen molar-refractivity contribution in [2.24, 2.45) is 0 Å². The number of likely N-dealkylation sites (tertiary alicyclic amines) is 1. The number of amides is 2. The summed E-state index contributed by atoms with van der Waals surface area (Å²) in [5.41, 5.74) is 0.322. The molecule has 1 N–H and O–H groups in total. The van der Waals surface area contributed by atoms with E-state index < -0.39 is 17.7 Å². The van der Waals surface area contributed by atoms with E-state index in [1.54, 1.807) is 4.90 Å². The van der Waals surface area contributed by atoms with Gasteiger partial charge in [0.05, 0.1) is 13.2 Å². The van der Waals surface area contributed by atoms with Crippen LogP contribution in [0.3, 0.4) is 0 Å². The number of rotatable bonds is 6. The van der Waals surface area contributed by atoms with Crippen molar-refractivity contribution in [3.8, 4) is 0 Å². The van der Waals surface area contributed by atoms with Crippen LogP contribution in [0.15, 0.2) is 30.3 Å². The van der Waals surface area contributed by atoms with Gasteiger partial charge in [0.25, 0.3) is 0 Å². The highest BCUT2D eigenvalue weighted by atomic mass is 16.6. The number of hydrogen-bond acceptors (Lipinski definition) is 5. The van der Waals surface area contributed by atoms with Crippen molar-refractivity contribution in [3.05, 3.63) is 35.9 Å². The lowest BCUT2D eigenvalue weighted by atomic mass is 9.91. The topological polar surface area (TPSA) is 96.4 Å². The Morgan fingerprint density at radius 3 is 2.54 bits per heavy atom. The van der Waals surface area contributed by atoms with Gasteiger partial charge in [-0.15, -0.1) is 0 Å². The maximum absolute atomic E-state index is 12.3. The smallest absolute Gasteiger partial charge is 0.411 e. The van der Waals surface area contributed by atoms with Crippen LogP contribution in [0, 0.1) is 0 Å². The van der Waals surface area contributed by atoms with Crippen LogP contribution >= 0.6 is 0 Å². The maximum Gasteiger partial charge on any atom is 0.411 e. The Morgan fingerprint density at radius 1 is 1.19 bits per heavy atom. The molecule has 8 heteroatoms. The number of carboxylic acid groups (broad SMARTS) is 1. The molecule has 0 atom stereocenters. The van der Waals surface area contributed by atoms with Gasteiger partial charge >= 0.3 is 12.1 Å². The highest BCUT2D eigenvalue weighted by molar-refractivity contribution is 5.79. The maximum atomic E-state index is 12.3. The second-order valence-electron chi connectivity index (χ2n) is 6.66. The molecule has 2 heterocycles. The number of aliphatic carboxylic acids is 1. The molecule has 140 valence electrons. The third-order valence-corrected chi connectivity index (χ3v) is 4.73. The highest BCUT2D eigenvalue weighted by Crippen LogP contribution is 2.33. The zero-order chi connectivity index (χ0) is 18.6. The summed E-state index contributed by atoms with van der Waals surface area (Å²) in [5.74, 6) is -1.16. The monoisotopic (exact) mass is 362 g/mol. The summed E-state index contributed by atoms with van der Waals surface area (Å²) in [5, 5.41) is 8.84. The number of carboxylic acids is 1. The van der Waals surface area contributed by atoms with Crippen molar-refractivity contribution in [1.82, 2.24) is 9.80 Å². The van der Waals surface area contributed by atoms with Crippen LogP contribution in [0.2, 0.25) is 0 Å². The van der Waals surface area contributed by atoms with Crippen LogP contribution in [-0.2, 0) is 25.7 Å². The van der Waals surface area contributed by atoms with Gasteiger partial charge in [-0.25, -0.2) is 4.79 Å². The lowest BCUT2D eigenvalue weighted by molar-refractivity contribution is -0.140. The normalized spacial score (nSPS) is 18.8. The van der Waals surface area contributed by atoms with Gasteiger partial charge in [0, 0.05) is 25.9 Å². The molecule has 0 aromatic heterocycles. The van der Waals surface area contributed by atoms with E-state index in [-0.39, 0.29) is 25.6 Å². The molecule has 2 aliphatic rings. The van der Waals surface area contributed by atoms with Gasteiger partial charge in [0.15, 0.2) is 0 Å². The van der Waals surface area contributed by atoms with Crippen LogP contribution in [0.5, 0.6) is 0 Å². The molecule has 1 aromatic rings. The first-order valence-corrected chi connectivity index (χ1v) is 8.57. The van der Waals surface area contributed by atoms with Gasteiger partial charge < -0.3 is 19.5 Å². The molecule has 2 saturated heterocycles. The molecule has 2 aliphatic heterocycles. The van der Waals surface area contributed by atoms with Crippen molar-refractivity contribution in [3.63, 3.8) is 0 Å². The molecule has 0 unspecified atom stereocenters. The Hall–Kier alpha value is -2.61. The lowest BCUT2D eigenvalue weighted by Crippen LogP contribution is -2.49. The van der Waals surface area contributed by atoms with Crippen LogP contribution in [-0.4, -0.2) is 71.3 Å². The molecule has 8 nitrogen and oxygen atoms in total. The molecule has 0 radical (unpaired) electrons. The Morgan fingerprint density at radius 2 is 1.88 bits per heavy atom. The SMILES string of the molecule is O=C(O)CN1CC2(CCN(C(=O)COCc3ccccc3)CC2)OC1=O. The zero-order valence-electron chi connectivity index (χ0n) is 14.4. The average Bonchev–Trinajstić information content (AvgIpc) is 2.90. The molecule has 1 spiro atoms. The summed E-state index contributed by atoms with van der Waals surface area (Å²) < 4.78 is 10.9. The molecule has 1 aromatic carbocycles. The zero-order valence-corrected chi connectivity index (χ0v) is 14.4. The van der Waals surface area contributed by atoms with Gasteiger partial charge in [-0.05, 0) is 5.56 Å². The summed E-state index contributed by atoms with van der Waals surface area (Å²) in [6.07, 6.45) is 0.400. The van der Waals surface area contributed by atoms with Crippen LogP contribution in [0.1, 0.15) is 18.4 Å². The third kappa shape index (κ3) is 4.32. The molecule has 0 bridgehead atoms. The van der Waals surface area contributed by atoms with E-state index in [1.165, 1.54) is 4.90 Å². The van der Waals surface area contributed by atoms with E-state index in [0.717, 1.165) is 5.56 Å². The standard InChI is InChI=1S/C18H22N2O6/c21-15(12-25-11-14-4-2-1-3-5-14)19-8-6-18(7-9-19)13-20(10-16(22)23)17(24)26-18/h1-5H,6-13H2,(H,22,23). The van der Waals surface area contributed by atoms with Gasteiger partial charge in [0.2, 0.25) is 5.91 Å². The number of carbonyl (C=O) groups is 3. The first-order valence-electron chi connectivity index (χ1n) is 8.57. The molecular formula is C18H22N2O6. The van der Waals surface area contributed by atoms with Gasteiger partial charge in [-0.1, -0.05) is 30.3 Å². The fourth-order valence-electron chi connectivity index (χ4n) is 3.32. The van der Waals surface area contributed by atoms with E-state index in [4.69, 9.17) is 14.6 Å². The van der Waals surface area contributed by atoms with Crippen LogP contribution in [0.4, 0.5) is 4.79 Å². The van der Waals surface area contributed by atoms with Crippen molar-refractivity contribution in [2.75, 3.05) is 32.8 Å². The quantitative estimate of drug-likeness (QED) is 0.814. The number of hydrogen-bond donors (Lipinski definition) is 1. The number of ether oxygens (including phenoxy) is 2. The number of nitrogens with zero attached hydrogens (tertiary/aromatic N) is 2. The molecule has 2 amide bonds. The van der Waals surface area contributed by atoms with Crippen molar-refractivity contribution >= 4 is 18.0 Å². The molecular weight excluding hydrogens is 340 g/mol. The Kier molecular flexibility index (Phi) is 5.41. The number of benzene rings is 1. The predicted molar refractivity (Wildman–Crippen MR) is 90.3 cm³/mol. The fourth-order valence-corrected chi connectivity index (χ4v) is 3.32. The van der Waals surface area contributed by atoms with Crippen molar-refractivity contribution in [2.45, 2.75) is 25.0 Å². The van der Waals surface area contributed by atoms with Crippen LogP contribution in [0.25, 0.3) is 0 Å². The van der Waals surface area contributed by atoms with Gasteiger partial charge in [-0.3, -0.25) is 14.5 Å². The van der Waals surface area contributed by atoms with E-state index in [0.29, 0.717) is 32.5 Å². The molecule has 2 fully saturated rings. The van der Waals surface area contributed by atoms with Crippen molar-refractivity contribution < 1.29 is 29.0 Å². The summed E-state index contributed by atoms with van der Waals surface area (Å²) in [6.45, 7) is 1.20.